The van der Waals surface area contributed by atoms with Crippen molar-refractivity contribution in [3.8, 4) is 0 Å². The Hall–Kier alpha value is -2.27. The number of H-pyrrole nitrogens is 1. The summed E-state index contributed by atoms with van der Waals surface area (Å²) < 4.78 is 0. The molecule has 1 amide bonds. The number of benzene rings is 1. The van der Waals surface area contributed by atoms with Gasteiger partial charge in [-0.3, -0.25) is 9.59 Å². The van der Waals surface area contributed by atoms with Crippen LogP contribution in [0, 0.1) is 20.8 Å². The lowest BCUT2D eigenvalue weighted by molar-refractivity contribution is 0.0950. The van der Waals surface area contributed by atoms with E-state index in [-0.39, 0.29) is 24.1 Å². The first-order valence-electron chi connectivity index (χ1n) is 9.20. The van der Waals surface area contributed by atoms with Gasteiger partial charge in [0.25, 0.3) is 11.5 Å². The number of pyridine rings is 1. The number of anilines is 1. The summed E-state index contributed by atoms with van der Waals surface area (Å²) in [6.45, 7) is 12.9. The predicted octanol–water partition coefficient (Wildman–Crippen LogP) is 4.12. The molecule has 6 heteroatoms. The molecule has 1 aromatic carbocycles. The van der Waals surface area contributed by atoms with E-state index in [0.717, 1.165) is 29.1 Å². The smallest absolute Gasteiger partial charge is 0.253 e. The SMILES string of the molecule is CCN(c1cc(Cl)cc(C(=O)NCc2c(C)cc(C)[nH]c2=O)c1C)C(C)C. The van der Waals surface area contributed by atoms with Crippen LogP contribution >= 0.6 is 11.6 Å². The normalized spacial score (nSPS) is 11.0. The fourth-order valence-electron chi connectivity index (χ4n) is 3.38. The molecular formula is C21H28ClN3O2. The number of aromatic nitrogens is 1. The van der Waals surface area contributed by atoms with Crippen LogP contribution in [0.3, 0.4) is 0 Å². The Bertz CT molecular complexity index is 903. The first-order valence-corrected chi connectivity index (χ1v) is 9.57. The molecule has 5 nitrogen and oxygen atoms in total. The molecule has 0 unspecified atom stereocenters. The fraction of sp³-hybridized carbons (Fsp3) is 0.429. The third-order valence-corrected chi connectivity index (χ3v) is 5.00. The van der Waals surface area contributed by atoms with E-state index in [0.29, 0.717) is 16.1 Å². The largest absolute Gasteiger partial charge is 0.369 e. The van der Waals surface area contributed by atoms with Gasteiger partial charge in [0.2, 0.25) is 0 Å². The summed E-state index contributed by atoms with van der Waals surface area (Å²) in [5.41, 5.74) is 4.40. The van der Waals surface area contributed by atoms with Gasteiger partial charge in [-0.15, -0.1) is 0 Å². The van der Waals surface area contributed by atoms with E-state index in [1.165, 1.54) is 0 Å². The molecule has 2 rings (SSSR count). The number of rotatable bonds is 6. The van der Waals surface area contributed by atoms with Crippen LogP contribution in [0.25, 0.3) is 0 Å². The third-order valence-electron chi connectivity index (χ3n) is 4.78. The van der Waals surface area contributed by atoms with Crippen LogP contribution in [0.2, 0.25) is 5.02 Å². The molecule has 0 atom stereocenters. The lowest BCUT2D eigenvalue weighted by Gasteiger charge is -2.30. The Balaban J connectivity index is 2.32. The summed E-state index contributed by atoms with van der Waals surface area (Å²) in [6.07, 6.45) is 0. The van der Waals surface area contributed by atoms with Gasteiger partial charge in [0.05, 0.1) is 0 Å². The van der Waals surface area contributed by atoms with Gasteiger partial charge in [-0.1, -0.05) is 11.6 Å². The molecule has 0 aliphatic carbocycles. The number of nitrogens with zero attached hydrogens (tertiary/aromatic N) is 1. The minimum absolute atomic E-state index is 0.170. The van der Waals surface area contributed by atoms with Crippen LogP contribution in [0.5, 0.6) is 0 Å². The lowest BCUT2D eigenvalue weighted by Crippen LogP contribution is -2.32. The molecule has 0 aliphatic heterocycles. The molecule has 2 N–H and O–H groups in total. The maximum absolute atomic E-state index is 12.8. The number of aromatic amines is 1. The van der Waals surface area contributed by atoms with E-state index in [2.05, 4.69) is 36.0 Å². The van der Waals surface area contributed by atoms with Crippen molar-refractivity contribution in [3.63, 3.8) is 0 Å². The second-order valence-corrected chi connectivity index (χ2v) is 7.54. The van der Waals surface area contributed by atoms with Gasteiger partial charge in [0.15, 0.2) is 0 Å². The van der Waals surface area contributed by atoms with Crippen LogP contribution < -0.4 is 15.8 Å². The minimum atomic E-state index is -0.240. The van der Waals surface area contributed by atoms with Crippen molar-refractivity contribution in [2.75, 3.05) is 11.4 Å². The number of hydrogen-bond acceptors (Lipinski definition) is 3. The minimum Gasteiger partial charge on any atom is -0.369 e. The van der Waals surface area contributed by atoms with Crippen molar-refractivity contribution in [3.05, 3.63) is 61.5 Å². The number of hydrogen-bond donors (Lipinski definition) is 2. The average Bonchev–Trinajstić information content (AvgIpc) is 2.56. The molecule has 0 bridgehead atoms. The summed E-state index contributed by atoms with van der Waals surface area (Å²) in [5.74, 6) is -0.240. The standard InChI is InChI=1S/C21H28ClN3O2/c1-7-25(12(2)3)19-10-16(22)9-17(15(19)6)20(26)23-11-18-13(4)8-14(5)24-21(18)27/h8-10,12H,7,11H2,1-6H3,(H,23,26)(H,24,27). The highest BCUT2D eigenvalue weighted by Gasteiger charge is 2.19. The molecule has 0 aliphatic rings. The summed E-state index contributed by atoms with van der Waals surface area (Å²) in [5, 5.41) is 3.38. The van der Waals surface area contributed by atoms with Gasteiger partial charge in [-0.25, -0.2) is 0 Å². The second kappa shape index (κ2) is 8.61. The maximum Gasteiger partial charge on any atom is 0.253 e. The summed E-state index contributed by atoms with van der Waals surface area (Å²) in [7, 11) is 0. The van der Waals surface area contributed by atoms with Crippen molar-refractivity contribution in [2.24, 2.45) is 0 Å². The summed E-state index contributed by atoms with van der Waals surface area (Å²) >= 11 is 6.30. The van der Waals surface area contributed by atoms with Gasteiger partial charge in [-0.2, -0.15) is 0 Å². The van der Waals surface area contributed by atoms with Crippen LogP contribution in [0.1, 0.15) is 53.5 Å². The topological polar surface area (TPSA) is 65.2 Å². The summed E-state index contributed by atoms with van der Waals surface area (Å²) in [4.78, 5) is 29.9. The Morgan fingerprint density at radius 1 is 1.22 bits per heavy atom. The Morgan fingerprint density at radius 3 is 2.44 bits per heavy atom. The molecule has 1 heterocycles. The van der Waals surface area contributed by atoms with Crippen molar-refractivity contribution < 1.29 is 4.79 Å². The maximum atomic E-state index is 12.8. The van der Waals surface area contributed by atoms with Gasteiger partial charge >= 0.3 is 0 Å². The molecule has 0 saturated heterocycles. The molecule has 2 aromatic rings. The van der Waals surface area contributed by atoms with Crippen molar-refractivity contribution in [1.29, 1.82) is 0 Å². The molecule has 146 valence electrons. The molecule has 0 radical (unpaired) electrons. The van der Waals surface area contributed by atoms with Crippen LogP contribution in [-0.2, 0) is 6.54 Å². The highest BCUT2D eigenvalue weighted by Crippen LogP contribution is 2.29. The van der Waals surface area contributed by atoms with E-state index in [1.54, 1.807) is 6.07 Å². The highest BCUT2D eigenvalue weighted by molar-refractivity contribution is 6.31. The first-order chi connectivity index (χ1) is 12.6. The molecule has 27 heavy (non-hydrogen) atoms. The number of amides is 1. The van der Waals surface area contributed by atoms with E-state index in [1.807, 2.05) is 32.9 Å². The van der Waals surface area contributed by atoms with E-state index in [4.69, 9.17) is 11.6 Å². The van der Waals surface area contributed by atoms with Crippen LogP contribution in [0.4, 0.5) is 5.69 Å². The zero-order chi connectivity index (χ0) is 20.3. The van der Waals surface area contributed by atoms with E-state index >= 15 is 0 Å². The van der Waals surface area contributed by atoms with E-state index in [9.17, 15) is 9.59 Å². The van der Waals surface area contributed by atoms with Crippen molar-refractivity contribution >= 4 is 23.2 Å². The molecule has 1 aromatic heterocycles. The van der Waals surface area contributed by atoms with Gasteiger partial charge in [-0.05, 0) is 70.9 Å². The number of carbonyl (C=O) groups is 1. The molecule has 0 fully saturated rings. The zero-order valence-corrected chi connectivity index (χ0v) is 17.6. The predicted molar refractivity (Wildman–Crippen MR) is 112 cm³/mol. The molecular weight excluding hydrogens is 362 g/mol. The Labute approximate surface area is 165 Å². The number of nitrogens with one attached hydrogen (secondary N) is 2. The van der Waals surface area contributed by atoms with Gasteiger partial charge in [0.1, 0.15) is 0 Å². The average molecular weight is 390 g/mol. The first kappa shape index (κ1) is 21.0. The number of aryl methyl sites for hydroxylation is 2. The second-order valence-electron chi connectivity index (χ2n) is 7.10. The fourth-order valence-corrected chi connectivity index (χ4v) is 3.59. The van der Waals surface area contributed by atoms with Gasteiger partial charge in [0, 0.05) is 46.7 Å². The Kier molecular flexibility index (Phi) is 6.71. The van der Waals surface area contributed by atoms with Crippen molar-refractivity contribution in [2.45, 2.75) is 54.1 Å². The third kappa shape index (κ3) is 4.72. The van der Waals surface area contributed by atoms with Crippen LogP contribution in [0.15, 0.2) is 23.0 Å². The molecule has 0 saturated carbocycles. The van der Waals surface area contributed by atoms with Crippen molar-refractivity contribution in [1.82, 2.24) is 10.3 Å². The quantitative estimate of drug-likeness (QED) is 0.781. The zero-order valence-electron chi connectivity index (χ0n) is 16.9. The molecule has 0 spiro atoms. The summed E-state index contributed by atoms with van der Waals surface area (Å²) in [6, 6.07) is 5.76. The van der Waals surface area contributed by atoms with E-state index < -0.39 is 0 Å². The highest BCUT2D eigenvalue weighted by atomic mass is 35.5. The number of carbonyl (C=O) groups excluding carboxylic acids is 1. The van der Waals surface area contributed by atoms with Gasteiger partial charge < -0.3 is 15.2 Å². The van der Waals surface area contributed by atoms with Crippen LogP contribution in [-0.4, -0.2) is 23.5 Å². The monoisotopic (exact) mass is 389 g/mol. The number of halogens is 1. The lowest BCUT2D eigenvalue weighted by atomic mass is 10.0. The Morgan fingerprint density at radius 2 is 1.89 bits per heavy atom.